The minimum absolute atomic E-state index is 0. The van der Waals surface area contributed by atoms with Crippen LogP contribution in [0.15, 0.2) is 66.2 Å². The Kier molecular flexibility index (Phi) is 9.69. The van der Waals surface area contributed by atoms with Crippen molar-refractivity contribution >= 4 is 64.3 Å². The maximum absolute atomic E-state index is 4.93. The van der Waals surface area contributed by atoms with Crippen LogP contribution in [-0.2, 0) is 40.8 Å². The maximum Gasteiger partial charge on any atom is -0.0253 e. The second kappa shape index (κ2) is 11.8. The molecule has 2 atom stereocenters. The summed E-state index contributed by atoms with van der Waals surface area (Å²) in [4.78, 5) is 0. The Balaban J connectivity index is 0.000000147. The van der Waals surface area contributed by atoms with Gasteiger partial charge in [0.15, 0.2) is 0 Å². The van der Waals surface area contributed by atoms with E-state index < -0.39 is 20.8 Å². The molecule has 1 fully saturated rings. The molecule has 2 aliphatic carbocycles. The van der Waals surface area contributed by atoms with Gasteiger partial charge in [0, 0.05) is 5.75 Å². The van der Waals surface area contributed by atoms with E-state index in [1.165, 1.54) is 39.1 Å². The Morgan fingerprint density at radius 2 is 1.67 bits per heavy atom. The SMILES string of the molecule is BrC1SCC2=Cc3[c-]cccc3C21.[Cl][Zr][Cl].[SH-].[c-]1cccc2c1Cc1ccccc1-2. The molecule has 2 unspecified atom stereocenters. The standard InChI is InChI=1S/C13H9.C11H8BrS.2ClH.H2S.Zr/c1-3-7-12-10(5-1)9-11-6-2-4-8-13(11)12;12-11-10-8(6-13-11)5-7-3-1-2-4-9(7)10;;;;/h1-5,7-8H,9H2;1-2,4-5,10-11H,6H2;2*1H;1H2;/q2*-1;;;;+2/p-3. The molecule has 0 N–H and O–H groups in total. The molecule has 1 aliphatic heterocycles. The second-order valence-electron chi connectivity index (χ2n) is 6.87. The predicted octanol–water partition coefficient (Wildman–Crippen LogP) is 7.60. The van der Waals surface area contributed by atoms with E-state index in [2.05, 4.69) is 82.7 Å². The molecular formula is C24H18BrCl2S2Zr-3. The van der Waals surface area contributed by atoms with Gasteiger partial charge < -0.3 is 13.5 Å². The summed E-state index contributed by atoms with van der Waals surface area (Å²) >= 11 is 4.89. The van der Waals surface area contributed by atoms with Crippen molar-refractivity contribution in [3.63, 3.8) is 0 Å². The van der Waals surface area contributed by atoms with Crippen molar-refractivity contribution in [2.24, 2.45) is 0 Å². The molecule has 30 heavy (non-hydrogen) atoms. The van der Waals surface area contributed by atoms with Gasteiger partial charge >= 0.3 is 37.9 Å². The van der Waals surface area contributed by atoms with E-state index in [1.807, 2.05) is 23.9 Å². The van der Waals surface area contributed by atoms with Gasteiger partial charge in [-0.2, -0.15) is 29.8 Å². The number of alkyl halides is 1. The molecule has 0 aromatic heterocycles. The molecule has 6 heteroatoms. The van der Waals surface area contributed by atoms with Gasteiger partial charge in [0.1, 0.15) is 0 Å². The third-order valence-electron chi connectivity index (χ3n) is 5.27. The summed E-state index contributed by atoms with van der Waals surface area (Å²) in [5.41, 5.74) is 9.82. The smallest absolute Gasteiger partial charge is 0.0253 e. The van der Waals surface area contributed by atoms with E-state index in [0.717, 1.165) is 6.42 Å². The van der Waals surface area contributed by atoms with Gasteiger partial charge in [0.2, 0.25) is 0 Å². The van der Waals surface area contributed by atoms with Crippen LogP contribution < -0.4 is 0 Å². The summed E-state index contributed by atoms with van der Waals surface area (Å²) in [6.07, 6.45) is 3.35. The number of halogens is 3. The van der Waals surface area contributed by atoms with Crippen LogP contribution in [-0.4, -0.2) is 9.91 Å². The fourth-order valence-corrected chi connectivity index (χ4v) is 6.19. The molecule has 154 valence electrons. The van der Waals surface area contributed by atoms with Gasteiger partial charge in [-0.3, -0.25) is 0 Å². The first-order valence-electron chi connectivity index (χ1n) is 9.23. The fourth-order valence-electron chi connectivity index (χ4n) is 4.04. The number of rotatable bonds is 0. The third kappa shape index (κ3) is 5.33. The number of hydrogen-bond donors (Lipinski definition) is 0. The predicted molar refractivity (Wildman–Crippen MR) is 135 cm³/mol. The van der Waals surface area contributed by atoms with Crippen molar-refractivity contribution < 1.29 is 20.8 Å². The fraction of sp³-hybridized carbons (Fsp3) is 0.167. The molecule has 1 saturated heterocycles. The van der Waals surface area contributed by atoms with E-state index in [4.69, 9.17) is 17.0 Å². The van der Waals surface area contributed by atoms with Crippen molar-refractivity contribution in [1.29, 1.82) is 0 Å². The number of thioether (sulfide) groups is 1. The molecule has 0 amide bonds. The molecular weight excluding hydrogens is 594 g/mol. The molecule has 3 aromatic carbocycles. The van der Waals surface area contributed by atoms with Gasteiger partial charge in [0.25, 0.3) is 0 Å². The van der Waals surface area contributed by atoms with Gasteiger partial charge in [-0.1, -0.05) is 51.3 Å². The molecule has 1 heterocycles. The zero-order chi connectivity index (χ0) is 20.2. The van der Waals surface area contributed by atoms with Gasteiger partial charge in [0.05, 0.1) is 4.16 Å². The number of fused-ring (bicyclic) bond motifs is 6. The maximum atomic E-state index is 4.93. The summed E-state index contributed by atoms with van der Waals surface area (Å²) in [5.74, 6) is 1.78. The zero-order valence-corrected chi connectivity index (χ0v) is 23.2. The average molecular weight is 613 g/mol. The topological polar surface area (TPSA) is 0 Å². The monoisotopic (exact) mass is 609 g/mol. The minimum Gasteiger partial charge on any atom is -0.813 e. The normalized spacial score (nSPS) is 18.7. The van der Waals surface area contributed by atoms with Crippen molar-refractivity contribution in [2.75, 3.05) is 5.75 Å². The van der Waals surface area contributed by atoms with Gasteiger partial charge in [-0.15, -0.1) is 64.4 Å². The molecule has 3 aliphatic rings. The number of benzene rings is 3. The first-order chi connectivity index (χ1) is 14.2. The molecule has 0 radical (unpaired) electrons. The van der Waals surface area contributed by atoms with Crippen LogP contribution in [0.3, 0.4) is 0 Å². The second-order valence-corrected chi connectivity index (χ2v) is 13.3. The van der Waals surface area contributed by atoms with E-state index in [1.54, 1.807) is 5.57 Å². The first-order valence-corrected chi connectivity index (χ1v) is 17.5. The van der Waals surface area contributed by atoms with Crippen LogP contribution in [0.1, 0.15) is 28.2 Å². The van der Waals surface area contributed by atoms with Crippen molar-refractivity contribution in [2.45, 2.75) is 16.5 Å². The summed E-state index contributed by atoms with van der Waals surface area (Å²) in [6, 6.07) is 27.7. The Bertz CT molecular complexity index is 997. The Labute approximate surface area is 217 Å². The van der Waals surface area contributed by atoms with Crippen LogP contribution in [0.2, 0.25) is 0 Å². The molecule has 0 spiro atoms. The first kappa shape index (κ1) is 24.7. The van der Waals surface area contributed by atoms with Gasteiger partial charge in [-0.25, -0.2) is 0 Å². The van der Waals surface area contributed by atoms with Crippen molar-refractivity contribution in [3.8, 4) is 11.1 Å². The Morgan fingerprint density at radius 3 is 2.50 bits per heavy atom. The molecule has 0 nitrogen and oxygen atoms in total. The average Bonchev–Trinajstić information content (AvgIpc) is 3.41. The van der Waals surface area contributed by atoms with E-state index in [9.17, 15) is 0 Å². The summed E-state index contributed by atoms with van der Waals surface area (Å²) in [5, 5.41) is 0. The van der Waals surface area contributed by atoms with E-state index in [0.29, 0.717) is 10.1 Å². The Hall–Kier alpha value is 0.0431. The van der Waals surface area contributed by atoms with Crippen molar-refractivity contribution in [1.82, 2.24) is 0 Å². The third-order valence-corrected chi connectivity index (χ3v) is 7.69. The van der Waals surface area contributed by atoms with E-state index >= 15 is 0 Å². The van der Waals surface area contributed by atoms with Crippen LogP contribution in [0.4, 0.5) is 0 Å². The molecule has 6 rings (SSSR count). The summed E-state index contributed by atoms with van der Waals surface area (Å²) in [7, 11) is 9.87. The van der Waals surface area contributed by atoms with Crippen LogP contribution >= 0.6 is 44.7 Å². The van der Waals surface area contributed by atoms with Crippen LogP contribution in [0.25, 0.3) is 17.2 Å². The molecule has 0 bridgehead atoms. The van der Waals surface area contributed by atoms with Gasteiger partial charge in [-0.05, 0) is 12.3 Å². The van der Waals surface area contributed by atoms with E-state index in [-0.39, 0.29) is 13.5 Å². The van der Waals surface area contributed by atoms with Crippen LogP contribution in [0, 0.1) is 12.1 Å². The largest absolute Gasteiger partial charge is 0.813 e. The van der Waals surface area contributed by atoms with Crippen LogP contribution in [0.5, 0.6) is 0 Å². The quantitative estimate of drug-likeness (QED) is 0.0869. The summed E-state index contributed by atoms with van der Waals surface area (Å²) in [6.45, 7) is 0. The Morgan fingerprint density at radius 1 is 0.967 bits per heavy atom. The van der Waals surface area contributed by atoms with Crippen molar-refractivity contribution in [3.05, 3.63) is 101 Å². The minimum atomic E-state index is -0.826. The molecule has 0 saturated carbocycles. The summed E-state index contributed by atoms with van der Waals surface area (Å²) < 4.78 is 0.566. The zero-order valence-electron chi connectivity index (χ0n) is 15.9. The number of thiol groups is 1. The molecule has 3 aromatic rings. The number of hydrogen-bond acceptors (Lipinski definition) is 2.